The maximum atomic E-state index is 13.0. The predicted octanol–water partition coefficient (Wildman–Crippen LogP) is 4.79. The molecule has 0 spiro atoms. The highest BCUT2D eigenvalue weighted by Crippen LogP contribution is 2.43. The van der Waals surface area contributed by atoms with Crippen LogP contribution in [0.3, 0.4) is 0 Å². The van der Waals surface area contributed by atoms with Gasteiger partial charge in [-0.25, -0.2) is 0 Å². The molecule has 0 saturated heterocycles. The van der Waals surface area contributed by atoms with Gasteiger partial charge in [0.2, 0.25) is 0 Å². The first-order chi connectivity index (χ1) is 13.1. The summed E-state index contributed by atoms with van der Waals surface area (Å²) in [6, 6.07) is 9.20. The molecule has 0 aromatic heterocycles. The molecule has 1 aliphatic heterocycles. The molecule has 2 N–H and O–H groups in total. The Morgan fingerprint density at radius 1 is 1.07 bits per heavy atom. The van der Waals surface area contributed by atoms with Gasteiger partial charge in [0.05, 0.1) is 16.6 Å². The predicted molar refractivity (Wildman–Crippen MR) is 109 cm³/mol. The number of carbonyl (C=O) groups excluding carboxylic acids is 2. The third-order valence-electron chi connectivity index (χ3n) is 5.05. The van der Waals surface area contributed by atoms with Crippen molar-refractivity contribution < 1.29 is 19.8 Å². The fraction of sp³-hybridized carbons (Fsp3) is 0.273. The van der Waals surface area contributed by atoms with E-state index in [1.807, 2.05) is 26.0 Å². The molecule has 146 valence electrons. The van der Waals surface area contributed by atoms with E-state index in [2.05, 4.69) is 0 Å². The first-order valence-electron chi connectivity index (χ1n) is 9.00. The molecule has 1 heterocycles. The highest BCUT2D eigenvalue weighted by molar-refractivity contribution is 6.32. The third-order valence-corrected chi connectivity index (χ3v) is 5.36. The van der Waals surface area contributed by atoms with Crippen LogP contribution in [0.1, 0.15) is 36.6 Å². The summed E-state index contributed by atoms with van der Waals surface area (Å²) in [5.74, 6) is -2.00. The van der Waals surface area contributed by atoms with E-state index in [9.17, 15) is 19.8 Å². The highest BCUT2D eigenvalue weighted by Gasteiger charge is 2.45. The lowest BCUT2D eigenvalue weighted by Gasteiger charge is -2.28. The summed E-state index contributed by atoms with van der Waals surface area (Å²) in [6.07, 6.45) is 0. The number of anilines is 1. The van der Waals surface area contributed by atoms with Crippen molar-refractivity contribution >= 4 is 29.0 Å². The number of aliphatic hydroxyl groups excluding tert-OH is 1. The molecule has 0 radical (unpaired) electrons. The Bertz CT molecular complexity index is 1010. The summed E-state index contributed by atoms with van der Waals surface area (Å²) in [5.41, 5.74) is 3.19. The maximum absolute atomic E-state index is 13.0. The summed E-state index contributed by atoms with van der Waals surface area (Å²) >= 11 is 6.08. The SMILES string of the molecule is Cc1ccc(N2C(=O)C(O)=C(C(=O)C(C)C)C2c2ccc(O)c(Cl)c2)cc1C. The first-order valence-corrected chi connectivity index (χ1v) is 9.37. The molecule has 1 aliphatic rings. The number of phenols is 1. The van der Waals surface area contributed by atoms with E-state index in [0.717, 1.165) is 11.1 Å². The number of carbonyl (C=O) groups is 2. The molecule has 1 unspecified atom stereocenters. The molecule has 2 aromatic carbocycles. The largest absolute Gasteiger partial charge is 0.506 e. The molecule has 2 aromatic rings. The minimum Gasteiger partial charge on any atom is -0.506 e. The molecule has 3 rings (SSSR count). The highest BCUT2D eigenvalue weighted by atomic mass is 35.5. The molecule has 0 fully saturated rings. The number of aliphatic hydroxyl groups is 1. The average Bonchev–Trinajstić information content (AvgIpc) is 2.90. The number of Topliss-reactive ketones (excluding diaryl/α,β-unsaturated/α-hetero) is 1. The van der Waals surface area contributed by atoms with Gasteiger partial charge in [-0.05, 0) is 54.8 Å². The fourth-order valence-corrected chi connectivity index (χ4v) is 3.51. The lowest BCUT2D eigenvalue weighted by Crippen LogP contribution is -2.31. The van der Waals surface area contributed by atoms with E-state index in [0.29, 0.717) is 11.3 Å². The Morgan fingerprint density at radius 3 is 2.32 bits per heavy atom. The van der Waals surface area contributed by atoms with Gasteiger partial charge in [-0.3, -0.25) is 14.5 Å². The van der Waals surface area contributed by atoms with Crippen LogP contribution in [0, 0.1) is 19.8 Å². The second kappa shape index (κ2) is 7.32. The van der Waals surface area contributed by atoms with Crippen molar-refractivity contribution in [2.75, 3.05) is 4.90 Å². The lowest BCUT2D eigenvalue weighted by molar-refractivity contribution is -0.119. The van der Waals surface area contributed by atoms with Gasteiger partial charge in [-0.2, -0.15) is 0 Å². The van der Waals surface area contributed by atoms with Gasteiger partial charge in [0.15, 0.2) is 11.5 Å². The number of benzene rings is 2. The van der Waals surface area contributed by atoms with Crippen LogP contribution in [0.5, 0.6) is 5.75 Å². The van der Waals surface area contributed by atoms with E-state index >= 15 is 0 Å². The van der Waals surface area contributed by atoms with E-state index in [1.165, 1.54) is 17.0 Å². The summed E-state index contributed by atoms with van der Waals surface area (Å²) in [5, 5.41) is 20.4. The van der Waals surface area contributed by atoms with Gasteiger partial charge in [0.1, 0.15) is 5.75 Å². The van der Waals surface area contributed by atoms with Gasteiger partial charge in [-0.15, -0.1) is 0 Å². The number of ketones is 1. The second-order valence-electron chi connectivity index (χ2n) is 7.34. The monoisotopic (exact) mass is 399 g/mol. The minimum atomic E-state index is -0.831. The van der Waals surface area contributed by atoms with Crippen molar-refractivity contribution in [1.29, 1.82) is 0 Å². The molecule has 1 atom stereocenters. The number of aromatic hydroxyl groups is 1. The molecular formula is C22H22ClNO4. The fourth-order valence-electron chi connectivity index (χ4n) is 3.32. The first kappa shape index (κ1) is 20.0. The molecular weight excluding hydrogens is 378 g/mol. The van der Waals surface area contributed by atoms with Crippen LogP contribution in [-0.2, 0) is 9.59 Å². The second-order valence-corrected chi connectivity index (χ2v) is 7.75. The molecule has 5 nitrogen and oxygen atoms in total. The molecule has 0 bridgehead atoms. The number of phenolic OH excluding ortho intramolecular Hbond substituents is 1. The van der Waals surface area contributed by atoms with Crippen molar-refractivity contribution in [1.82, 2.24) is 0 Å². The summed E-state index contributed by atoms with van der Waals surface area (Å²) in [7, 11) is 0. The smallest absolute Gasteiger partial charge is 0.294 e. The van der Waals surface area contributed by atoms with Crippen LogP contribution in [-0.4, -0.2) is 21.9 Å². The van der Waals surface area contributed by atoms with Crippen LogP contribution >= 0.6 is 11.6 Å². The van der Waals surface area contributed by atoms with Crippen LogP contribution in [0.4, 0.5) is 5.69 Å². The normalized spacial score (nSPS) is 17.0. The third kappa shape index (κ3) is 3.27. The number of aryl methyl sites for hydroxylation is 2. The van der Waals surface area contributed by atoms with Crippen molar-refractivity contribution in [3.05, 3.63) is 69.4 Å². The maximum Gasteiger partial charge on any atom is 0.294 e. The summed E-state index contributed by atoms with van der Waals surface area (Å²) in [6.45, 7) is 7.32. The molecule has 28 heavy (non-hydrogen) atoms. The molecule has 0 aliphatic carbocycles. The van der Waals surface area contributed by atoms with Gasteiger partial charge in [0.25, 0.3) is 5.91 Å². The summed E-state index contributed by atoms with van der Waals surface area (Å²) in [4.78, 5) is 27.2. The minimum absolute atomic E-state index is 0.0417. The van der Waals surface area contributed by atoms with E-state index < -0.39 is 23.6 Å². The lowest BCUT2D eigenvalue weighted by atomic mass is 9.91. The standard InChI is InChI=1S/C22H22ClNO4/c1-11(2)20(26)18-19(14-6-8-17(25)16(23)10-14)24(22(28)21(18)27)15-7-5-12(3)13(4)9-15/h5-11,19,25,27H,1-4H3. The van der Waals surface area contributed by atoms with Gasteiger partial charge >= 0.3 is 0 Å². The zero-order valence-corrected chi connectivity index (χ0v) is 16.9. The summed E-state index contributed by atoms with van der Waals surface area (Å²) < 4.78 is 0. The van der Waals surface area contributed by atoms with Crippen molar-refractivity contribution in [3.63, 3.8) is 0 Å². The van der Waals surface area contributed by atoms with Gasteiger partial charge < -0.3 is 10.2 Å². The van der Waals surface area contributed by atoms with Gasteiger partial charge in [-0.1, -0.05) is 37.6 Å². The number of hydrogen-bond acceptors (Lipinski definition) is 4. The zero-order chi connectivity index (χ0) is 20.7. The van der Waals surface area contributed by atoms with Crippen LogP contribution in [0.15, 0.2) is 47.7 Å². The number of halogens is 1. The number of amides is 1. The van der Waals surface area contributed by atoms with Gasteiger partial charge in [0, 0.05) is 11.6 Å². The number of rotatable bonds is 4. The van der Waals surface area contributed by atoms with Crippen LogP contribution in [0.2, 0.25) is 5.02 Å². The van der Waals surface area contributed by atoms with Crippen molar-refractivity contribution in [2.45, 2.75) is 33.7 Å². The average molecular weight is 400 g/mol. The number of hydrogen-bond donors (Lipinski definition) is 2. The van der Waals surface area contributed by atoms with Crippen LogP contribution < -0.4 is 4.90 Å². The van der Waals surface area contributed by atoms with Crippen molar-refractivity contribution in [2.24, 2.45) is 5.92 Å². The van der Waals surface area contributed by atoms with Crippen molar-refractivity contribution in [3.8, 4) is 5.75 Å². The molecule has 1 amide bonds. The Labute approximate surface area is 168 Å². The molecule has 0 saturated carbocycles. The Morgan fingerprint density at radius 2 is 1.75 bits per heavy atom. The zero-order valence-electron chi connectivity index (χ0n) is 16.2. The molecule has 6 heteroatoms. The van der Waals surface area contributed by atoms with E-state index in [4.69, 9.17) is 11.6 Å². The Kier molecular flexibility index (Phi) is 5.22. The van der Waals surface area contributed by atoms with E-state index in [-0.39, 0.29) is 22.1 Å². The van der Waals surface area contributed by atoms with Crippen LogP contribution in [0.25, 0.3) is 0 Å². The van der Waals surface area contributed by atoms with E-state index in [1.54, 1.807) is 26.0 Å². The Hall–Kier alpha value is -2.79. The number of nitrogens with zero attached hydrogens (tertiary/aromatic N) is 1. The quantitative estimate of drug-likeness (QED) is 0.774. The topological polar surface area (TPSA) is 77.8 Å². The Balaban J connectivity index is 2.23.